The van der Waals surface area contributed by atoms with Crippen LogP contribution in [0, 0.1) is 6.92 Å². The molecule has 128 valence electrons. The van der Waals surface area contributed by atoms with Gasteiger partial charge in [-0.3, -0.25) is 4.99 Å². The maximum absolute atomic E-state index is 4.71. The molecule has 0 radical (unpaired) electrons. The first-order valence-electron chi connectivity index (χ1n) is 8.49. The van der Waals surface area contributed by atoms with Gasteiger partial charge in [0.25, 0.3) is 0 Å². The normalized spacial score (nSPS) is 12.4. The van der Waals surface area contributed by atoms with E-state index in [1.54, 1.807) is 11.3 Å². The Morgan fingerprint density at radius 3 is 2.44 bits per heavy atom. The Morgan fingerprint density at radius 2 is 1.76 bits per heavy atom. The van der Waals surface area contributed by atoms with Crippen molar-refractivity contribution in [1.82, 2.24) is 4.68 Å². The molecule has 0 saturated carbocycles. The summed E-state index contributed by atoms with van der Waals surface area (Å²) in [5.74, 6) is 0.544. The summed E-state index contributed by atoms with van der Waals surface area (Å²) in [6.07, 6.45) is 1.89. The van der Waals surface area contributed by atoms with Crippen LogP contribution in [-0.4, -0.2) is 10.9 Å². The van der Waals surface area contributed by atoms with Gasteiger partial charge in [0.1, 0.15) is 0 Å². The molecule has 0 spiro atoms. The third kappa shape index (κ3) is 4.54. The van der Waals surface area contributed by atoms with Gasteiger partial charge in [-0.15, -0.1) is 11.3 Å². The number of benzene rings is 2. The zero-order chi connectivity index (χ0) is 17.6. The predicted molar refractivity (Wildman–Crippen MR) is 106 cm³/mol. The number of thiazole rings is 1. The Bertz CT molecular complexity index is 900. The molecule has 25 heavy (non-hydrogen) atoms. The Kier molecular flexibility index (Phi) is 5.61. The summed E-state index contributed by atoms with van der Waals surface area (Å²) in [4.78, 5) is 5.63. The highest BCUT2D eigenvalue weighted by molar-refractivity contribution is 7.07. The summed E-state index contributed by atoms with van der Waals surface area (Å²) < 4.78 is 1.91. The highest BCUT2D eigenvalue weighted by atomic mass is 32.1. The Balaban J connectivity index is 1.81. The van der Waals surface area contributed by atoms with E-state index in [0.717, 1.165) is 16.1 Å². The standard InChI is InChI=1S/C21H23N3S/c1-16(2)20-11-9-19(10-12-20)14-23-24-17(3)15-25-21(24)22-13-18-7-5-4-6-8-18/h4-12,14-16H,13H2,1-3H3. The van der Waals surface area contributed by atoms with Gasteiger partial charge in [0.05, 0.1) is 18.5 Å². The highest BCUT2D eigenvalue weighted by Gasteiger charge is 2.00. The van der Waals surface area contributed by atoms with Crippen molar-refractivity contribution >= 4 is 17.6 Å². The summed E-state index contributed by atoms with van der Waals surface area (Å²) in [5, 5.41) is 6.72. The maximum atomic E-state index is 4.71. The largest absolute Gasteiger partial charge is 0.253 e. The lowest BCUT2D eigenvalue weighted by atomic mass is 10.0. The average molecular weight is 350 g/mol. The molecule has 0 bridgehead atoms. The summed E-state index contributed by atoms with van der Waals surface area (Å²) >= 11 is 1.62. The molecule has 0 aliphatic heterocycles. The van der Waals surface area contributed by atoms with Gasteiger partial charge in [-0.1, -0.05) is 68.4 Å². The Morgan fingerprint density at radius 1 is 1.04 bits per heavy atom. The van der Waals surface area contributed by atoms with Crippen LogP contribution in [-0.2, 0) is 6.54 Å². The fourth-order valence-electron chi connectivity index (χ4n) is 2.47. The van der Waals surface area contributed by atoms with E-state index in [0.29, 0.717) is 12.5 Å². The molecule has 0 fully saturated rings. The van der Waals surface area contributed by atoms with Crippen molar-refractivity contribution in [1.29, 1.82) is 0 Å². The van der Waals surface area contributed by atoms with Crippen LogP contribution in [0.1, 0.15) is 42.1 Å². The molecule has 0 saturated heterocycles. The molecule has 0 atom stereocenters. The lowest BCUT2D eigenvalue weighted by molar-refractivity contribution is 0.787. The molecular weight excluding hydrogens is 326 g/mol. The number of rotatable bonds is 5. The number of nitrogens with zero attached hydrogens (tertiary/aromatic N) is 3. The summed E-state index contributed by atoms with van der Waals surface area (Å²) in [6.45, 7) is 7.12. The van der Waals surface area contributed by atoms with Gasteiger partial charge in [0.2, 0.25) is 4.80 Å². The van der Waals surface area contributed by atoms with E-state index in [1.807, 2.05) is 29.1 Å². The molecule has 0 unspecified atom stereocenters. The quantitative estimate of drug-likeness (QED) is 0.583. The molecule has 3 rings (SSSR count). The molecule has 0 amide bonds. The summed E-state index contributed by atoms with van der Waals surface area (Å²) in [7, 11) is 0. The van der Waals surface area contributed by atoms with Gasteiger partial charge < -0.3 is 0 Å². The SMILES string of the molecule is Cc1csc(=NCc2ccccc2)n1N=Cc1ccc(C(C)C)cc1. The van der Waals surface area contributed by atoms with Crippen molar-refractivity contribution in [3.05, 3.63) is 87.2 Å². The fourth-order valence-corrected chi connectivity index (χ4v) is 3.27. The van der Waals surface area contributed by atoms with E-state index in [9.17, 15) is 0 Å². The predicted octanol–water partition coefficient (Wildman–Crippen LogP) is 4.96. The molecular formula is C21H23N3S. The van der Waals surface area contributed by atoms with Crippen molar-refractivity contribution in [2.75, 3.05) is 0 Å². The first-order chi connectivity index (χ1) is 12.1. The molecule has 4 heteroatoms. The Labute approximate surface area is 153 Å². The van der Waals surface area contributed by atoms with Gasteiger partial charge >= 0.3 is 0 Å². The minimum Gasteiger partial charge on any atom is -0.253 e. The highest BCUT2D eigenvalue weighted by Crippen LogP contribution is 2.14. The van der Waals surface area contributed by atoms with Crippen LogP contribution < -0.4 is 4.80 Å². The van der Waals surface area contributed by atoms with Gasteiger partial charge in [-0.2, -0.15) is 5.10 Å². The van der Waals surface area contributed by atoms with Gasteiger partial charge in [-0.25, -0.2) is 4.68 Å². The van der Waals surface area contributed by atoms with Crippen molar-refractivity contribution < 1.29 is 0 Å². The molecule has 0 N–H and O–H groups in total. The van der Waals surface area contributed by atoms with Crippen LogP contribution in [0.5, 0.6) is 0 Å². The van der Waals surface area contributed by atoms with Gasteiger partial charge in [-0.05, 0) is 29.5 Å². The average Bonchev–Trinajstić information content (AvgIpc) is 2.99. The summed E-state index contributed by atoms with van der Waals surface area (Å²) in [6, 6.07) is 18.8. The molecule has 0 aliphatic carbocycles. The van der Waals surface area contributed by atoms with Crippen LogP contribution in [0.2, 0.25) is 0 Å². The minimum atomic E-state index is 0.544. The van der Waals surface area contributed by atoms with E-state index < -0.39 is 0 Å². The number of aromatic nitrogens is 1. The topological polar surface area (TPSA) is 29.6 Å². The zero-order valence-corrected chi connectivity index (χ0v) is 15.7. The van der Waals surface area contributed by atoms with Crippen molar-refractivity contribution in [3.8, 4) is 0 Å². The monoisotopic (exact) mass is 349 g/mol. The fraction of sp³-hybridized carbons (Fsp3) is 0.238. The van der Waals surface area contributed by atoms with Crippen LogP contribution in [0.3, 0.4) is 0 Å². The van der Waals surface area contributed by atoms with E-state index in [1.165, 1.54) is 11.1 Å². The van der Waals surface area contributed by atoms with Crippen LogP contribution in [0.25, 0.3) is 0 Å². The number of hydrogen-bond acceptors (Lipinski definition) is 3. The first kappa shape index (κ1) is 17.4. The zero-order valence-electron chi connectivity index (χ0n) is 14.9. The van der Waals surface area contributed by atoms with E-state index in [-0.39, 0.29) is 0 Å². The van der Waals surface area contributed by atoms with E-state index in [4.69, 9.17) is 4.99 Å². The molecule has 3 nitrogen and oxygen atoms in total. The second-order valence-corrected chi connectivity index (χ2v) is 7.18. The molecule has 0 aliphatic rings. The molecule has 3 aromatic rings. The van der Waals surface area contributed by atoms with Crippen LogP contribution >= 0.6 is 11.3 Å². The number of aryl methyl sites for hydroxylation is 1. The lowest BCUT2D eigenvalue weighted by Gasteiger charge is -2.04. The van der Waals surface area contributed by atoms with Crippen molar-refractivity contribution in [3.63, 3.8) is 0 Å². The smallest absolute Gasteiger partial charge is 0.206 e. The first-order valence-corrected chi connectivity index (χ1v) is 9.37. The maximum Gasteiger partial charge on any atom is 0.206 e. The molecule has 1 heterocycles. The van der Waals surface area contributed by atoms with Gasteiger partial charge in [0, 0.05) is 5.38 Å². The Hall–Kier alpha value is -2.46. The minimum absolute atomic E-state index is 0.544. The van der Waals surface area contributed by atoms with Crippen LogP contribution in [0.4, 0.5) is 0 Å². The third-order valence-electron chi connectivity index (χ3n) is 4.02. The second kappa shape index (κ2) is 8.08. The van der Waals surface area contributed by atoms with E-state index >= 15 is 0 Å². The second-order valence-electron chi connectivity index (χ2n) is 6.34. The molecule has 1 aromatic heterocycles. The van der Waals surface area contributed by atoms with Gasteiger partial charge in [0.15, 0.2) is 0 Å². The third-order valence-corrected chi connectivity index (χ3v) is 4.99. The number of hydrogen-bond donors (Lipinski definition) is 0. The van der Waals surface area contributed by atoms with Crippen molar-refractivity contribution in [2.24, 2.45) is 10.1 Å². The molecule has 2 aromatic carbocycles. The summed E-state index contributed by atoms with van der Waals surface area (Å²) in [5.41, 5.74) is 4.73. The van der Waals surface area contributed by atoms with Crippen LogP contribution in [0.15, 0.2) is 70.1 Å². The van der Waals surface area contributed by atoms with E-state index in [2.05, 4.69) is 67.7 Å². The van der Waals surface area contributed by atoms with Crippen molar-refractivity contribution in [2.45, 2.75) is 33.2 Å². The lowest BCUT2D eigenvalue weighted by Crippen LogP contribution is -2.12.